The Morgan fingerprint density at radius 2 is 1.65 bits per heavy atom. The maximum atomic E-state index is 13.1. The Morgan fingerprint density at radius 1 is 0.962 bits per heavy atom. The molecule has 1 aromatic carbocycles. The Kier molecular flexibility index (Phi) is 3.36. The van der Waals surface area contributed by atoms with Gasteiger partial charge < -0.3 is 4.74 Å². The van der Waals surface area contributed by atoms with E-state index >= 15 is 0 Å². The Hall–Kier alpha value is -2.43. The molecule has 134 valence electrons. The second-order valence-electron chi connectivity index (χ2n) is 8.24. The largest absolute Gasteiger partial charge is 0.453 e. The molecule has 0 radical (unpaired) electrons. The van der Waals surface area contributed by atoms with Gasteiger partial charge in [0.2, 0.25) is 5.65 Å². The second-order valence-corrected chi connectivity index (χ2v) is 8.24. The fraction of sp³-hybridized carbons (Fsp3) is 0.429. The molecule has 6 rings (SSSR count). The number of rotatable bonds is 3. The standard InChI is InChI=1S/C21H22FN3O/c1-20-8-11-21(12-9-20,13-10-20)19-24-23-18-17(3-2-14-25(18)19)26-16-6-4-15(22)5-7-16/h2-7,14H,8-13H2,1H3. The van der Waals surface area contributed by atoms with Crippen LogP contribution < -0.4 is 4.74 Å². The lowest BCUT2D eigenvalue weighted by atomic mass is 9.54. The Bertz CT molecular complexity index is 939. The number of nitrogens with zero attached hydrogens (tertiary/aromatic N) is 3. The van der Waals surface area contributed by atoms with Crippen molar-refractivity contribution < 1.29 is 9.13 Å². The predicted molar refractivity (Wildman–Crippen MR) is 96.9 cm³/mol. The Balaban J connectivity index is 1.53. The smallest absolute Gasteiger partial charge is 0.203 e. The van der Waals surface area contributed by atoms with Crippen molar-refractivity contribution in [1.29, 1.82) is 0 Å². The molecule has 3 aromatic rings. The van der Waals surface area contributed by atoms with Crippen LogP contribution in [-0.2, 0) is 5.41 Å². The van der Waals surface area contributed by atoms with Crippen molar-refractivity contribution in [2.24, 2.45) is 5.41 Å². The summed E-state index contributed by atoms with van der Waals surface area (Å²) in [7, 11) is 0. The van der Waals surface area contributed by atoms with Crippen LogP contribution in [0.5, 0.6) is 11.5 Å². The van der Waals surface area contributed by atoms with E-state index in [2.05, 4.69) is 21.5 Å². The molecule has 0 N–H and O–H groups in total. The normalized spacial score (nSPS) is 27.8. The van der Waals surface area contributed by atoms with Gasteiger partial charge in [0.05, 0.1) is 0 Å². The van der Waals surface area contributed by atoms with E-state index < -0.39 is 0 Å². The molecule has 3 fully saturated rings. The second kappa shape index (κ2) is 5.53. The fourth-order valence-electron chi connectivity index (χ4n) is 4.67. The zero-order valence-corrected chi connectivity index (χ0v) is 14.9. The first-order valence-electron chi connectivity index (χ1n) is 9.35. The molecule has 2 bridgehead atoms. The topological polar surface area (TPSA) is 39.4 Å². The third-order valence-corrected chi connectivity index (χ3v) is 6.54. The van der Waals surface area contributed by atoms with Gasteiger partial charge in [0.1, 0.15) is 17.4 Å². The van der Waals surface area contributed by atoms with E-state index in [1.54, 1.807) is 12.1 Å². The van der Waals surface area contributed by atoms with Crippen LogP contribution in [0, 0.1) is 11.2 Å². The van der Waals surface area contributed by atoms with Crippen LogP contribution in [0.1, 0.15) is 51.3 Å². The van der Waals surface area contributed by atoms with Crippen molar-refractivity contribution in [1.82, 2.24) is 14.6 Å². The minimum Gasteiger partial charge on any atom is -0.453 e. The summed E-state index contributed by atoms with van der Waals surface area (Å²) < 4.78 is 21.2. The third kappa shape index (κ3) is 2.41. The zero-order chi connectivity index (χ0) is 17.8. The number of pyridine rings is 1. The highest BCUT2D eigenvalue weighted by Gasteiger charge is 2.49. The lowest BCUT2D eigenvalue weighted by Crippen LogP contribution is -2.43. The van der Waals surface area contributed by atoms with Gasteiger partial charge in [-0.25, -0.2) is 4.39 Å². The van der Waals surface area contributed by atoms with Gasteiger partial charge in [0.25, 0.3) is 0 Å². The molecule has 3 aliphatic carbocycles. The van der Waals surface area contributed by atoms with Crippen molar-refractivity contribution in [3.63, 3.8) is 0 Å². The van der Waals surface area contributed by atoms with Gasteiger partial charge in [-0.3, -0.25) is 4.40 Å². The van der Waals surface area contributed by atoms with Gasteiger partial charge in [-0.1, -0.05) is 6.92 Å². The molecule has 2 heterocycles. The fourth-order valence-corrected chi connectivity index (χ4v) is 4.67. The summed E-state index contributed by atoms with van der Waals surface area (Å²) in [5.41, 5.74) is 1.39. The minimum atomic E-state index is -0.277. The molecule has 3 saturated carbocycles. The van der Waals surface area contributed by atoms with E-state index in [9.17, 15) is 4.39 Å². The van der Waals surface area contributed by atoms with Gasteiger partial charge in [0, 0.05) is 11.6 Å². The van der Waals surface area contributed by atoms with Crippen molar-refractivity contribution in [2.75, 3.05) is 0 Å². The molecule has 0 unspecified atom stereocenters. The van der Waals surface area contributed by atoms with E-state index in [4.69, 9.17) is 4.74 Å². The highest BCUT2D eigenvalue weighted by atomic mass is 19.1. The van der Waals surface area contributed by atoms with Crippen LogP contribution in [0.4, 0.5) is 4.39 Å². The molecular weight excluding hydrogens is 329 g/mol. The molecule has 0 aliphatic heterocycles. The minimum absolute atomic E-state index is 0.145. The van der Waals surface area contributed by atoms with E-state index in [1.807, 2.05) is 18.3 Å². The highest BCUT2D eigenvalue weighted by molar-refractivity contribution is 5.55. The molecule has 3 aliphatic rings. The molecular formula is C21H22FN3O. The number of ether oxygens (including phenoxy) is 1. The quantitative estimate of drug-likeness (QED) is 0.645. The zero-order valence-electron chi connectivity index (χ0n) is 14.9. The van der Waals surface area contributed by atoms with Gasteiger partial charge in [0.15, 0.2) is 5.75 Å². The monoisotopic (exact) mass is 351 g/mol. The Morgan fingerprint density at radius 3 is 2.35 bits per heavy atom. The lowest BCUT2D eigenvalue weighted by molar-refractivity contribution is 0.0501. The summed E-state index contributed by atoms with van der Waals surface area (Å²) in [6.45, 7) is 2.42. The maximum Gasteiger partial charge on any atom is 0.203 e. The number of hydrogen-bond acceptors (Lipinski definition) is 3. The first-order chi connectivity index (χ1) is 12.6. The summed E-state index contributed by atoms with van der Waals surface area (Å²) in [6.07, 6.45) is 9.41. The summed E-state index contributed by atoms with van der Waals surface area (Å²) in [5, 5.41) is 9.05. The van der Waals surface area contributed by atoms with Crippen LogP contribution in [0.2, 0.25) is 0 Å². The lowest BCUT2D eigenvalue weighted by Gasteiger charge is -2.51. The van der Waals surface area contributed by atoms with Crippen LogP contribution in [0.25, 0.3) is 5.65 Å². The van der Waals surface area contributed by atoms with Crippen LogP contribution in [0.3, 0.4) is 0 Å². The number of fused-ring (bicyclic) bond motifs is 4. The SMILES string of the molecule is CC12CCC(c3nnc4c(Oc5ccc(F)cc5)cccn34)(CC1)CC2. The molecule has 0 saturated heterocycles. The van der Waals surface area contributed by atoms with Crippen molar-refractivity contribution in [3.8, 4) is 11.5 Å². The van der Waals surface area contributed by atoms with E-state index in [-0.39, 0.29) is 11.2 Å². The maximum absolute atomic E-state index is 13.1. The van der Waals surface area contributed by atoms with Crippen LogP contribution >= 0.6 is 0 Å². The average molecular weight is 351 g/mol. The Labute approximate surface area is 152 Å². The number of benzene rings is 1. The summed E-state index contributed by atoms with van der Waals surface area (Å²) >= 11 is 0. The summed E-state index contributed by atoms with van der Waals surface area (Å²) in [6, 6.07) is 9.88. The molecule has 0 spiro atoms. The van der Waals surface area contributed by atoms with Crippen molar-refractivity contribution in [2.45, 2.75) is 50.9 Å². The summed E-state index contributed by atoms with van der Waals surface area (Å²) in [4.78, 5) is 0. The number of halogens is 1. The van der Waals surface area contributed by atoms with Crippen molar-refractivity contribution in [3.05, 3.63) is 54.2 Å². The molecule has 2 aromatic heterocycles. The van der Waals surface area contributed by atoms with Crippen molar-refractivity contribution >= 4 is 5.65 Å². The first-order valence-corrected chi connectivity index (χ1v) is 9.35. The van der Waals surface area contributed by atoms with Gasteiger partial charge in [-0.2, -0.15) is 0 Å². The predicted octanol–water partition coefficient (Wildman–Crippen LogP) is 5.27. The van der Waals surface area contributed by atoms with E-state index in [1.165, 1.54) is 50.7 Å². The van der Waals surface area contributed by atoms with Gasteiger partial charge in [-0.15, -0.1) is 10.2 Å². The van der Waals surface area contributed by atoms with Gasteiger partial charge in [-0.05, 0) is 80.3 Å². The first kappa shape index (κ1) is 15.8. The number of hydrogen-bond donors (Lipinski definition) is 0. The number of aromatic nitrogens is 3. The highest BCUT2D eigenvalue weighted by Crippen LogP contribution is 2.57. The molecule has 0 amide bonds. The van der Waals surface area contributed by atoms with Crippen LogP contribution in [0.15, 0.2) is 42.6 Å². The summed E-state index contributed by atoms with van der Waals surface area (Å²) in [5.74, 6) is 2.03. The third-order valence-electron chi connectivity index (χ3n) is 6.54. The molecule has 4 nitrogen and oxygen atoms in total. The van der Waals surface area contributed by atoms with E-state index in [0.717, 1.165) is 11.5 Å². The molecule has 5 heteroatoms. The molecule has 26 heavy (non-hydrogen) atoms. The molecule has 0 atom stereocenters. The van der Waals surface area contributed by atoms with E-state index in [0.29, 0.717) is 16.9 Å². The average Bonchev–Trinajstić information content (AvgIpc) is 3.11. The van der Waals surface area contributed by atoms with Crippen LogP contribution in [-0.4, -0.2) is 14.6 Å². The van der Waals surface area contributed by atoms with Gasteiger partial charge >= 0.3 is 0 Å².